The first kappa shape index (κ1) is 19.4. The molecule has 0 aliphatic carbocycles. The monoisotopic (exact) mass is 442 g/mol. The van der Waals surface area contributed by atoms with E-state index in [1.165, 1.54) is 18.4 Å². The molecule has 1 amide bonds. The van der Waals surface area contributed by atoms with Crippen molar-refractivity contribution in [3.05, 3.63) is 41.2 Å². The molecule has 2 aromatic carbocycles. The van der Waals surface area contributed by atoms with Crippen LogP contribution in [-0.4, -0.2) is 49.5 Å². The molecule has 1 unspecified atom stereocenters. The molecular weight excluding hydrogens is 424 g/mol. The summed E-state index contributed by atoms with van der Waals surface area (Å²) >= 11 is 1.26. The molecule has 5 rings (SSSR count). The molecular formula is C21H18N2O7S. The van der Waals surface area contributed by atoms with Gasteiger partial charge in [-0.1, -0.05) is 23.5 Å². The largest absolute Gasteiger partial charge is 0.486 e. The predicted octanol–water partition coefficient (Wildman–Crippen LogP) is 1.91. The van der Waals surface area contributed by atoms with Crippen LogP contribution < -0.4 is 23.7 Å². The van der Waals surface area contributed by atoms with Gasteiger partial charge in [0.2, 0.25) is 6.10 Å². The van der Waals surface area contributed by atoms with Gasteiger partial charge in [0.05, 0.1) is 17.3 Å². The molecule has 1 atom stereocenters. The van der Waals surface area contributed by atoms with Crippen LogP contribution in [0.4, 0.5) is 0 Å². The zero-order valence-corrected chi connectivity index (χ0v) is 17.3. The van der Waals surface area contributed by atoms with E-state index in [0.29, 0.717) is 46.5 Å². The SMILES string of the molecule is COC(=O)Cn1c(=NC(=O)C2COc3ccccc3O2)sc2cc3c(cc21)OCCO3. The molecule has 9 nitrogen and oxygen atoms in total. The second-order valence-electron chi connectivity index (χ2n) is 6.82. The smallest absolute Gasteiger partial charge is 0.325 e. The van der Waals surface area contributed by atoms with Gasteiger partial charge in [0.1, 0.15) is 26.4 Å². The van der Waals surface area contributed by atoms with E-state index in [-0.39, 0.29) is 13.2 Å². The van der Waals surface area contributed by atoms with E-state index in [2.05, 4.69) is 4.99 Å². The van der Waals surface area contributed by atoms with Crippen molar-refractivity contribution >= 4 is 33.4 Å². The molecule has 3 heterocycles. The van der Waals surface area contributed by atoms with E-state index < -0.39 is 18.0 Å². The van der Waals surface area contributed by atoms with Crippen LogP contribution in [0.5, 0.6) is 23.0 Å². The average molecular weight is 442 g/mol. The second kappa shape index (κ2) is 7.95. The van der Waals surface area contributed by atoms with Gasteiger partial charge in [0.25, 0.3) is 5.91 Å². The summed E-state index contributed by atoms with van der Waals surface area (Å²) in [5, 5.41) is 0. The van der Waals surface area contributed by atoms with Crippen molar-refractivity contribution < 1.29 is 33.3 Å². The Kier molecular flexibility index (Phi) is 4.99. The van der Waals surface area contributed by atoms with Gasteiger partial charge in [0, 0.05) is 12.1 Å². The van der Waals surface area contributed by atoms with Crippen molar-refractivity contribution in [2.75, 3.05) is 26.9 Å². The second-order valence-corrected chi connectivity index (χ2v) is 7.83. The van der Waals surface area contributed by atoms with Gasteiger partial charge < -0.3 is 28.3 Å². The molecule has 31 heavy (non-hydrogen) atoms. The molecule has 160 valence electrons. The number of thiazole rings is 1. The van der Waals surface area contributed by atoms with Crippen molar-refractivity contribution in [3.8, 4) is 23.0 Å². The number of aromatic nitrogens is 1. The maximum atomic E-state index is 12.9. The third-order valence-corrected chi connectivity index (χ3v) is 5.89. The molecule has 10 heteroatoms. The highest BCUT2D eigenvalue weighted by molar-refractivity contribution is 7.16. The zero-order valence-electron chi connectivity index (χ0n) is 16.5. The normalized spacial score (nSPS) is 17.5. The number of carbonyl (C=O) groups excluding carboxylic acids is 2. The van der Waals surface area contributed by atoms with Gasteiger partial charge in [-0.25, -0.2) is 0 Å². The summed E-state index contributed by atoms with van der Waals surface area (Å²) in [7, 11) is 1.31. The number of esters is 1. The summed E-state index contributed by atoms with van der Waals surface area (Å²) in [4.78, 5) is 29.5. The Bertz CT molecular complexity index is 1250. The number of amides is 1. The Morgan fingerprint density at radius 2 is 1.84 bits per heavy atom. The lowest BCUT2D eigenvalue weighted by molar-refractivity contribution is -0.141. The highest BCUT2D eigenvalue weighted by Gasteiger charge is 2.27. The van der Waals surface area contributed by atoms with Crippen molar-refractivity contribution in [3.63, 3.8) is 0 Å². The highest BCUT2D eigenvalue weighted by Crippen LogP contribution is 2.36. The number of nitrogens with zero attached hydrogens (tertiary/aromatic N) is 2. The van der Waals surface area contributed by atoms with Crippen LogP contribution >= 0.6 is 11.3 Å². The molecule has 1 aromatic heterocycles. The molecule has 0 saturated heterocycles. The number of benzene rings is 2. The average Bonchev–Trinajstić information content (AvgIpc) is 3.12. The van der Waals surface area contributed by atoms with Gasteiger partial charge in [-0.05, 0) is 12.1 Å². The quantitative estimate of drug-likeness (QED) is 0.572. The minimum absolute atomic E-state index is 0.0528. The molecule has 0 N–H and O–H groups in total. The zero-order chi connectivity index (χ0) is 21.4. The van der Waals surface area contributed by atoms with E-state index in [1.807, 2.05) is 12.1 Å². The fourth-order valence-corrected chi connectivity index (χ4v) is 4.39. The first-order valence-electron chi connectivity index (χ1n) is 9.59. The summed E-state index contributed by atoms with van der Waals surface area (Å²) in [6.07, 6.45) is -0.883. The van der Waals surface area contributed by atoms with Gasteiger partial charge >= 0.3 is 5.97 Å². The topological polar surface area (TPSA) is 97.6 Å². The number of hydrogen-bond donors (Lipinski definition) is 0. The van der Waals surface area contributed by atoms with E-state index in [9.17, 15) is 9.59 Å². The Balaban J connectivity index is 1.54. The Morgan fingerprint density at radius 3 is 2.61 bits per heavy atom. The highest BCUT2D eigenvalue weighted by atomic mass is 32.1. The van der Waals surface area contributed by atoms with Crippen LogP contribution in [0.15, 0.2) is 41.4 Å². The molecule has 0 spiro atoms. The van der Waals surface area contributed by atoms with E-state index >= 15 is 0 Å². The van der Waals surface area contributed by atoms with Crippen LogP contribution in [0.1, 0.15) is 0 Å². The van der Waals surface area contributed by atoms with Crippen LogP contribution in [0.3, 0.4) is 0 Å². The van der Waals surface area contributed by atoms with E-state index in [4.69, 9.17) is 23.7 Å². The van der Waals surface area contributed by atoms with Crippen LogP contribution in [0, 0.1) is 0 Å². The fourth-order valence-electron chi connectivity index (χ4n) is 3.35. The summed E-state index contributed by atoms with van der Waals surface area (Å²) in [6, 6.07) is 10.7. The summed E-state index contributed by atoms with van der Waals surface area (Å²) < 4.78 is 29.9. The van der Waals surface area contributed by atoms with Crippen molar-refractivity contribution in [2.45, 2.75) is 12.6 Å². The van der Waals surface area contributed by atoms with E-state index in [1.54, 1.807) is 28.8 Å². The molecule has 3 aromatic rings. The Hall–Kier alpha value is -3.53. The van der Waals surface area contributed by atoms with Gasteiger partial charge in [-0.15, -0.1) is 0 Å². The molecule has 0 fully saturated rings. The molecule has 2 aliphatic rings. The molecule has 0 saturated carbocycles. The Labute approximate surface area is 180 Å². The number of para-hydroxylation sites is 2. The molecule has 2 aliphatic heterocycles. The van der Waals surface area contributed by atoms with Crippen molar-refractivity contribution in [2.24, 2.45) is 4.99 Å². The third-order valence-electron chi connectivity index (χ3n) is 4.85. The summed E-state index contributed by atoms with van der Waals surface area (Å²) in [5.41, 5.74) is 0.692. The summed E-state index contributed by atoms with van der Waals surface area (Å²) in [6.45, 7) is 0.850. The molecule has 0 bridgehead atoms. The lowest BCUT2D eigenvalue weighted by atomic mass is 10.2. The maximum Gasteiger partial charge on any atom is 0.325 e. The van der Waals surface area contributed by atoms with Crippen molar-refractivity contribution in [1.29, 1.82) is 0 Å². The fraction of sp³-hybridized carbons (Fsp3) is 0.286. The van der Waals surface area contributed by atoms with Crippen LogP contribution in [-0.2, 0) is 20.9 Å². The number of fused-ring (bicyclic) bond motifs is 3. The predicted molar refractivity (Wildman–Crippen MR) is 110 cm³/mol. The van der Waals surface area contributed by atoms with Crippen LogP contribution in [0.2, 0.25) is 0 Å². The number of methoxy groups -OCH3 is 1. The molecule has 0 radical (unpaired) electrons. The minimum atomic E-state index is -0.883. The van der Waals surface area contributed by atoms with Gasteiger partial charge in [0.15, 0.2) is 27.8 Å². The lowest BCUT2D eigenvalue weighted by Gasteiger charge is -2.23. The number of ether oxygens (including phenoxy) is 5. The number of hydrogen-bond acceptors (Lipinski definition) is 8. The number of rotatable bonds is 3. The lowest BCUT2D eigenvalue weighted by Crippen LogP contribution is -2.37. The first-order valence-corrected chi connectivity index (χ1v) is 10.4. The first-order chi connectivity index (χ1) is 15.1. The standard InChI is InChI=1S/C21H18N2O7S/c1-26-19(24)10-23-12-8-15-16(28-7-6-27-15)9-18(12)31-21(23)22-20(25)17-11-29-13-4-2-3-5-14(13)30-17/h2-5,8-9,17H,6-7,10-11H2,1H3. The summed E-state index contributed by atoms with van der Waals surface area (Å²) in [5.74, 6) is 1.30. The Morgan fingerprint density at radius 1 is 1.10 bits per heavy atom. The van der Waals surface area contributed by atoms with Gasteiger partial charge in [-0.2, -0.15) is 4.99 Å². The number of carbonyl (C=O) groups is 2. The third kappa shape index (κ3) is 3.70. The van der Waals surface area contributed by atoms with E-state index in [0.717, 1.165) is 4.70 Å². The van der Waals surface area contributed by atoms with Crippen molar-refractivity contribution in [1.82, 2.24) is 4.57 Å². The minimum Gasteiger partial charge on any atom is -0.486 e. The van der Waals surface area contributed by atoms with Crippen LogP contribution in [0.25, 0.3) is 10.2 Å². The van der Waals surface area contributed by atoms with Gasteiger partial charge in [-0.3, -0.25) is 9.59 Å². The maximum absolute atomic E-state index is 12.9.